The van der Waals surface area contributed by atoms with Gasteiger partial charge in [0, 0.05) is 16.3 Å². The average molecular weight is 297 g/mol. The van der Waals surface area contributed by atoms with E-state index in [1.54, 1.807) is 0 Å². The molecule has 0 aliphatic heterocycles. The Labute approximate surface area is 129 Å². The summed E-state index contributed by atoms with van der Waals surface area (Å²) >= 11 is 6.27. The quantitative estimate of drug-likeness (QED) is 0.655. The number of hydrogen-bond donors (Lipinski definition) is 0. The molecule has 0 fully saturated rings. The van der Waals surface area contributed by atoms with Gasteiger partial charge in [-0.3, -0.25) is 0 Å². The maximum atomic E-state index is 6.27. The van der Waals surface area contributed by atoms with Crippen molar-refractivity contribution >= 4 is 22.4 Å². The minimum absolute atomic E-state index is 0.472. The van der Waals surface area contributed by atoms with Gasteiger partial charge in [0.2, 0.25) is 0 Å². The lowest BCUT2D eigenvalue weighted by molar-refractivity contribution is 1.05. The van der Waals surface area contributed by atoms with Crippen molar-refractivity contribution in [2.45, 2.75) is 27.2 Å². The summed E-state index contributed by atoms with van der Waals surface area (Å²) in [5, 5.41) is 11.1. The fourth-order valence-electron chi connectivity index (χ4n) is 2.68. The Kier molecular flexibility index (Phi) is 3.64. The van der Waals surface area contributed by atoms with Gasteiger partial charge in [-0.2, -0.15) is 0 Å². The number of hydrogen-bond acceptors (Lipinski definition) is 2. The molecule has 3 rings (SSSR count). The highest BCUT2D eigenvalue weighted by Gasteiger charge is 2.13. The number of aryl methyl sites for hydroxylation is 3. The number of halogens is 1. The van der Waals surface area contributed by atoms with Crippen molar-refractivity contribution in [1.82, 2.24) is 10.2 Å². The minimum atomic E-state index is 0.472. The smallest absolute Gasteiger partial charge is 0.148 e. The second-order valence-electron chi connectivity index (χ2n) is 5.34. The van der Waals surface area contributed by atoms with Crippen LogP contribution in [0.1, 0.15) is 23.6 Å². The fourth-order valence-corrected chi connectivity index (χ4v) is 2.96. The van der Waals surface area contributed by atoms with E-state index >= 15 is 0 Å². The van der Waals surface area contributed by atoms with E-state index in [0.29, 0.717) is 5.15 Å². The highest BCUT2D eigenvalue weighted by Crippen LogP contribution is 2.34. The number of rotatable bonds is 2. The highest BCUT2D eigenvalue weighted by molar-refractivity contribution is 6.35. The molecule has 0 N–H and O–H groups in total. The summed E-state index contributed by atoms with van der Waals surface area (Å²) in [5.41, 5.74) is 5.59. The maximum Gasteiger partial charge on any atom is 0.159 e. The molecule has 1 heterocycles. The van der Waals surface area contributed by atoms with Gasteiger partial charge in [-0.15, -0.1) is 10.2 Å². The molecule has 0 atom stereocenters. The van der Waals surface area contributed by atoms with Crippen LogP contribution in [0.3, 0.4) is 0 Å². The normalized spacial score (nSPS) is 11.0. The molecule has 0 saturated carbocycles. The lowest BCUT2D eigenvalue weighted by atomic mass is 9.97. The van der Waals surface area contributed by atoms with Gasteiger partial charge in [-0.25, -0.2) is 0 Å². The first-order chi connectivity index (χ1) is 10.1. The second-order valence-corrected chi connectivity index (χ2v) is 5.70. The summed E-state index contributed by atoms with van der Waals surface area (Å²) in [6.07, 6.45) is 1.03. The van der Waals surface area contributed by atoms with Crippen LogP contribution in [-0.2, 0) is 6.42 Å². The Morgan fingerprint density at radius 2 is 1.48 bits per heavy atom. The van der Waals surface area contributed by atoms with E-state index in [4.69, 9.17) is 11.6 Å². The third kappa shape index (κ3) is 2.40. The van der Waals surface area contributed by atoms with E-state index in [-0.39, 0.29) is 0 Å². The summed E-state index contributed by atoms with van der Waals surface area (Å²) < 4.78 is 0. The van der Waals surface area contributed by atoms with Gasteiger partial charge in [-0.1, -0.05) is 54.9 Å². The molecule has 0 spiro atoms. The molecule has 21 heavy (non-hydrogen) atoms. The Hall–Kier alpha value is -1.93. The standard InChI is InChI=1S/C18H17ClN2/c1-4-13-7-9-14(10-8-13)17-15-11(2)5-6-12(3)16(15)18(19)21-20-17/h5-10H,4H2,1-3H3. The maximum absolute atomic E-state index is 6.27. The van der Waals surface area contributed by atoms with Crippen LogP contribution in [-0.4, -0.2) is 10.2 Å². The lowest BCUT2D eigenvalue weighted by Crippen LogP contribution is -1.95. The SMILES string of the molecule is CCc1ccc(-c2nnc(Cl)c3c(C)ccc(C)c23)cc1. The summed E-state index contributed by atoms with van der Waals surface area (Å²) in [4.78, 5) is 0. The lowest BCUT2D eigenvalue weighted by Gasteiger charge is -2.11. The number of benzene rings is 2. The van der Waals surface area contributed by atoms with E-state index in [9.17, 15) is 0 Å². The molecule has 1 aromatic heterocycles. The van der Waals surface area contributed by atoms with Crippen molar-refractivity contribution in [3.05, 3.63) is 58.2 Å². The molecule has 0 amide bonds. The molecule has 0 radical (unpaired) electrons. The minimum Gasteiger partial charge on any atom is -0.148 e. The summed E-state index contributed by atoms with van der Waals surface area (Å²) in [7, 11) is 0. The highest BCUT2D eigenvalue weighted by atomic mass is 35.5. The molecule has 0 aliphatic rings. The van der Waals surface area contributed by atoms with Gasteiger partial charge < -0.3 is 0 Å². The van der Waals surface area contributed by atoms with Crippen LogP contribution in [0.5, 0.6) is 0 Å². The Bertz CT molecular complexity index is 799. The largest absolute Gasteiger partial charge is 0.159 e. The predicted octanol–water partition coefficient (Wildman–Crippen LogP) is 5.13. The first-order valence-corrected chi connectivity index (χ1v) is 7.51. The van der Waals surface area contributed by atoms with Crippen molar-refractivity contribution < 1.29 is 0 Å². The van der Waals surface area contributed by atoms with Crippen molar-refractivity contribution in [2.24, 2.45) is 0 Å². The van der Waals surface area contributed by atoms with Gasteiger partial charge in [0.15, 0.2) is 5.15 Å². The van der Waals surface area contributed by atoms with E-state index in [2.05, 4.69) is 67.4 Å². The number of fused-ring (bicyclic) bond motifs is 1. The topological polar surface area (TPSA) is 25.8 Å². The Balaban J connectivity index is 2.32. The summed E-state index contributed by atoms with van der Waals surface area (Å²) in [6.45, 7) is 6.29. The van der Waals surface area contributed by atoms with Gasteiger partial charge in [0.05, 0.1) is 0 Å². The Morgan fingerprint density at radius 3 is 2.10 bits per heavy atom. The molecule has 2 aromatic carbocycles. The molecular weight excluding hydrogens is 280 g/mol. The molecule has 106 valence electrons. The molecule has 2 nitrogen and oxygen atoms in total. The molecule has 0 unspecified atom stereocenters. The van der Waals surface area contributed by atoms with E-state index in [0.717, 1.165) is 34.0 Å². The molecule has 3 heteroatoms. The van der Waals surface area contributed by atoms with Gasteiger partial charge >= 0.3 is 0 Å². The third-order valence-corrected chi connectivity index (χ3v) is 4.20. The zero-order valence-electron chi connectivity index (χ0n) is 12.4. The van der Waals surface area contributed by atoms with Crippen LogP contribution in [0.2, 0.25) is 5.15 Å². The zero-order chi connectivity index (χ0) is 15.0. The second kappa shape index (κ2) is 5.45. The first kappa shape index (κ1) is 14.0. The number of aromatic nitrogens is 2. The average Bonchev–Trinajstić information content (AvgIpc) is 2.51. The van der Waals surface area contributed by atoms with E-state index in [1.807, 2.05) is 0 Å². The van der Waals surface area contributed by atoms with Crippen LogP contribution in [0.15, 0.2) is 36.4 Å². The third-order valence-electron chi connectivity index (χ3n) is 3.94. The van der Waals surface area contributed by atoms with Gasteiger partial charge in [0.25, 0.3) is 0 Å². The molecule has 0 bridgehead atoms. The van der Waals surface area contributed by atoms with Crippen molar-refractivity contribution in [2.75, 3.05) is 0 Å². The van der Waals surface area contributed by atoms with Crippen LogP contribution in [0.4, 0.5) is 0 Å². The number of nitrogens with zero attached hydrogens (tertiary/aromatic N) is 2. The van der Waals surface area contributed by atoms with Gasteiger partial charge in [0.1, 0.15) is 5.69 Å². The summed E-state index contributed by atoms with van der Waals surface area (Å²) in [5.74, 6) is 0. The van der Waals surface area contributed by atoms with Crippen molar-refractivity contribution in [3.8, 4) is 11.3 Å². The van der Waals surface area contributed by atoms with Crippen molar-refractivity contribution in [1.29, 1.82) is 0 Å². The molecular formula is C18H17ClN2. The molecule has 3 aromatic rings. The summed E-state index contributed by atoms with van der Waals surface area (Å²) in [6, 6.07) is 12.7. The predicted molar refractivity (Wildman–Crippen MR) is 88.8 cm³/mol. The van der Waals surface area contributed by atoms with Crippen LogP contribution < -0.4 is 0 Å². The zero-order valence-corrected chi connectivity index (χ0v) is 13.2. The van der Waals surface area contributed by atoms with Crippen LogP contribution in [0.25, 0.3) is 22.0 Å². The van der Waals surface area contributed by atoms with Gasteiger partial charge in [-0.05, 0) is 37.0 Å². The van der Waals surface area contributed by atoms with Crippen molar-refractivity contribution in [3.63, 3.8) is 0 Å². The van der Waals surface area contributed by atoms with Crippen LogP contribution in [0, 0.1) is 13.8 Å². The van der Waals surface area contributed by atoms with E-state index in [1.165, 1.54) is 11.1 Å². The monoisotopic (exact) mass is 296 g/mol. The fraction of sp³-hybridized carbons (Fsp3) is 0.222. The molecule has 0 saturated heterocycles. The molecule has 0 aliphatic carbocycles. The Morgan fingerprint density at radius 1 is 0.857 bits per heavy atom. The first-order valence-electron chi connectivity index (χ1n) is 7.13. The van der Waals surface area contributed by atoms with Crippen LogP contribution >= 0.6 is 11.6 Å². The van der Waals surface area contributed by atoms with E-state index < -0.39 is 0 Å².